The monoisotopic (exact) mass is 404 g/mol. The molecule has 160 valence electrons. The first kappa shape index (κ1) is 22.5. The Morgan fingerprint density at radius 2 is 2.00 bits per heavy atom. The molecular weight excluding hydrogens is 372 g/mol. The second-order valence-corrected chi connectivity index (χ2v) is 6.81. The van der Waals surface area contributed by atoms with Gasteiger partial charge in [0.25, 0.3) is 0 Å². The number of anilines is 1. The van der Waals surface area contributed by atoms with Crippen molar-refractivity contribution in [1.29, 1.82) is 0 Å². The molecule has 1 amide bonds. The number of nitrogens with zero attached hydrogens (tertiary/aromatic N) is 2. The molecule has 0 unspecified atom stereocenters. The highest BCUT2D eigenvalue weighted by molar-refractivity contribution is 5.88. The molecule has 0 radical (unpaired) electrons. The maximum Gasteiger partial charge on any atom is 0.309 e. The Kier molecular flexibility index (Phi) is 9.27. The van der Waals surface area contributed by atoms with E-state index in [2.05, 4.69) is 20.5 Å². The number of hydrogen-bond acceptors (Lipinski definition) is 5. The first-order valence-electron chi connectivity index (χ1n) is 10.2. The second kappa shape index (κ2) is 11.9. The topological polar surface area (TPSA) is 92.3 Å². The van der Waals surface area contributed by atoms with Crippen molar-refractivity contribution in [2.75, 3.05) is 44.7 Å². The van der Waals surface area contributed by atoms with E-state index in [4.69, 9.17) is 9.47 Å². The Hall–Kier alpha value is -2.77. The number of carbonyl (C=O) groups excluding carboxylic acids is 2. The molecule has 0 aromatic heterocycles. The maximum atomic E-state index is 11.9. The third kappa shape index (κ3) is 7.63. The van der Waals surface area contributed by atoms with Gasteiger partial charge in [-0.1, -0.05) is 6.07 Å². The molecule has 2 rings (SSSR count). The molecule has 29 heavy (non-hydrogen) atoms. The summed E-state index contributed by atoms with van der Waals surface area (Å²) in [5.41, 5.74) is 0.705. The van der Waals surface area contributed by atoms with E-state index >= 15 is 0 Å². The van der Waals surface area contributed by atoms with E-state index in [0.29, 0.717) is 31.2 Å². The zero-order valence-electron chi connectivity index (χ0n) is 17.6. The minimum atomic E-state index is -0.117. The van der Waals surface area contributed by atoms with Gasteiger partial charge in [-0.15, -0.1) is 0 Å². The van der Waals surface area contributed by atoms with Crippen LogP contribution in [-0.2, 0) is 14.3 Å². The van der Waals surface area contributed by atoms with Crippen molar-refractivity contribution < 1.29 is 19.1 Å². The van der Waals surface area contributed by atoms with Gasteiger partial charge in [0.15, 0.2) is 5.96 Å². The van der Waals surface area contributed by atoms with Crippen LogP contribution >= 0.6 is 0 Å². The summed E-state index contributed by atoms with van der Waals surface area (Å²) in [6, 6.07) is 7.29. The normalized spacial score (nSPS) is 15.0. The Bertz CT molecular complexity index is 700. The van der Waals surface area contributed by atoms with E-state index in [1.807, 2.05) is 32.0 Å². The molecule has 1 heterocycles. The van der Waals surface area contributed by atoms with E-state index in [1.54, 1.807) is 6.07 Å². The van der Waals surface area contributed by atoms with Crippen LogP contribution in [0.25, 0.3) is 0 Å². The summed E-state index contributed by atoms with van der Waals surface area (Å²) < 4.78 is 10.9. The van der Waals surface area contributed by atoms with E-state index in [9.17, 15) is 9.59 Å². The van der Waals surface area contributed by atoms with Crippen molar-refractivity contribution in [1.82, 2.24) is 10.2 Å². The predicted octanol–water partition coefficient (Wildman–Crippen LogP) is 2.26. The van der Waals surface area contributed by atoms with Gasteiger partial charge in [0, 0.05) is 38.3 Å². The molecule has 1 fully saturated rings. The summed E-state index contributed by atoms with van der Waals surface area (Å²) in [5.74, 6) is 1.29. The summed E-state index contributed by atoms with van der Waals surface area (Å²) in [4.78, 5) is 29.9. The number of aliphatic imine (C=N–C) groups is 1. The maximum absolute atomic E-state index is 11.9. The van der Waals surface area contributed by atoms with Crippen molar-refractivity contribution >= 4 is 23.5 Å². The zero-order chi connectivity index (χ0) is 21.1. The first-order valence-corrected chi connectivity index (χ1v) is 10.2. The van der Waals surface area contributed by atoms with Gasteiger partial charge in [-0.2, -0.15) is 0 Å². The quantitative estimate of drug-likeness (QED) is 0.299. The molecule has 8 nitrogen and oxygen atoms in total. The summed E-state index contributed by atoms with van der Waals surface area (Å²) in [5, 5.41) is 6.04. The molecular formula is C21H32N4O4. The first-order chi connectivity index (χ1) is 14.0. The van der Waals surface area contributed by atoms with Crippen LogP contribution in [0.2, 0.25) is 0 Å². The predicted molar refractivity (Wildman–Crippen MR) is 113 cm³/mol. The van der Waals surface area contributed by atoms with Gasteiger partial charge in [-0.05, 0) is 38.8 Å². The van der Waals surface area contributed by atoms with Crippen molar-refractivity contribution in [3.8, 4) is 5.75 Å². The van der Waals surface area contributed by atoms with Crippen LogP contribution in [0.4, 0.5) is 5.69 Å². The third-order valence-electron chi connectivity index (χ3n) is 4.53. The Morgan fingerprint density at radius 3 is 2.66 bits per heavy atom. The lowest BCUT2D eigenvalue weighted by Crippen LogP contribution is -2.46. The molecule has 8 heteroatoms. The molecule has 1 aliphatic rings. The third-order valence-corrected chi connectivity index (χ3v) is 4.53. The number of rotatable bonds is 8. The minimum absolute atomic E-state index is 0.0201. The number of nitrogens with one attached hydrogen (secondary N) is 2. The van der Waals surface area contributed by atoms with Crippen LogP contribution in [-0.4, -0.2) is 62.1 Å². The fourth-order valence-electron chi connectivity index (χ4n) is 3.19. The van der Waals surface area contributed by atoms with Gasteiger partial charge in [0.1, 0.15) is 12.4 Å². The molecule has 1 aromatic carbocycles. The Labute approximate surface area is 172 Å². The van der Waals surface area contributed by atoms with Gasteiger partial charge in [-0.3, -0.25) is 9.59 Å². The highest BCUT2D eigenvalue weighted by atomic mass is 16.5. The average Bonchev–Trinajstić information content (AvgIpc) is 2.70. The highest BCUT2D eigenvalue weighted by Crippen LogP contribution is 2.19. The number of ether oxygens (including phenoxy) is 2. The van der Waals surface area contributed by atoms with Crippen LogP contribution in [0.1, 0.15) is 33.6 Å². The van der Waals surface area contributed by atoms with E-state index in [0.717, 1.165) is 38.4 Å². The fourth-order valence-corrected chi connectivity index (χ4v) is 3.19. The van der Waals surface area contributed by atoms with Crippen LogP contribution in [0, 0.1) is 5.92 Å². The number of benzene rings is 1. The molecule has 0 saturated carbocycles. The highest BCUT2D eigenvalue weighted by Gasteiger charge is 2.27. The minimum Gasteiger partial charge on any atom is -0.492 e. The summed E-state index contributed by atoms with van der Waals surface area (Å²) in [6.07, 6.45) is 1.55. The van der Waals surface area contributed by atoms with Crippen LogP contribution in [0.3, 0.4) is 0 Å². The summed E-state index contributed by atoms with van der Waals surface area (Å²) in [6.45, 7) is 9.02. The van der Waals surface area contributed by atoms with E-state index in [1.165, 1.54) is 6.92 Å². The van der Waals surface area contributed by atoms with Crippen LogP contribution in [0.15, 0.2) is 29.3 Å². The number of esters is 1. The average molecular weight is 405 g/mol. The number of likely N-dealkylation sites (tertiary alicyclic amines) is 1. The van der Waals surface area contributed by atoms with E-state index in [-0.39, 0.29) is 17.8 Å². The number of amides is 1. The van der Waals surface area contributed by atoms with Gasteiger partial charge >= 0.3 is 5.97 Å². The zero-order valence-corrected chi connectivity index (χ0v) is 17.6. The largest absolute Gasteiger partial charge is 0.492 e. The van der Waals surface area contributed by atoms with Crippen molar-refractivity contribution in [3.05, 3.63) is 24.3 Å². The van der Waals surface area contributed by atoms with Gasteiger partial charge < -0.3 is 25.0 Å². The van der Waals surface area contributed by atoms with Crippen LogP contribution < -0.4 is 15.4 Å². The number of hydrogen-bond donors (Lipinski definition) is 2. The van der Waals surface area contributed by atoms with Crippen LogP contribution in [0.5, 0.6) is 5.75 Å². The van der Waals surface area contributed by atoms with Gasteiger partial charge in [-0.25, -0.2) is 4.99 Å². The number of piperidine rings is 1. The lowest BCUT2D eigenvalue weighted by Gasteiger charge is -2.33. The van der Waals surface area contributed by atoms with Gasteiger partial charge in [0.2, 0.25) is 5.91 Å². The van der Waals surface area contributed by atoms with Crippen molar-refractivity contribution in [2.24, 2.45) is 10.9 Å². The number of carbonyl (C=O) groups is 2. The molecule has 0 aliphatic carbocycles. The number of guanidine groups is 1. The molecule has 0 spiro atoms. The molecule has 0 atom stereocenters. The Balaban J connectivity index is 1.83. The lowest BCUT2D eigenvalue weighted by atomic mass is 9.97. The van der Waals surface area contributed by atoms with E-state index < -0.39 is 0 Å². The SMILES string of the molecule is CCNC(=NCCOc1cccc(NC(C)=O)c1)N1CCC(C(=O)OCC)CC1. The lowest BCUT2D eigenvalue weighted by molar-refractivity contribution is -0.149. The van der Waals surface area contributed by atoms with Crippen molar-refractivity contribution in [3.63, 3.8) is 0 Å². The second-order valence-electron chi connectivity index (χ2n) is 6.81. The van der Waals surface area contributed by atoms with Gasteiger partial charge in [0.05, 0.1) is 19.1 Å². The van der Waals surface area contributed by atoms with Crippen molar-refractivity contribution in [2.45, 2.75) is 33.6 Å². The smallest absolute Gasteiger partial charge is 0.309 e. The Morgan fingerprint density at radius 1 is 1.24 bits per heavy atom. The fraction of sp³-hybridized carbons (Fsp3) is 0.571. The molecule has 0 bridgehead atoms. The molecule has 1 saturated heterocycles. The molecule has 1 aromatic rings. The summed E-state index contributed by atoms with van der Waals surface area (Å²) >= 11 is 0. The standard InChI is InChI=1S/C21H32N4O4/c1-4-22-21(25-12-9-17(10-13-25)20(27)28-5-2)23-11-14-29-19-8-6-7-18(15-19)24-16(3)26/h6-8,15,17H,4-5,9-14H2,1-3H3,(H,22,23)(H,24,26). The summed E-state index contributed by atoms with van der Waals surface area (Å²) in [7, 11) is 0. The molecule has 2 N–H and O–H groups in total. The molecule has 1 aliphatic heterocycles.